The van der Waals surface area contributed by atoms with Crippen molar-refractivity contribution < 1.29 is 9.47 Å². The van der Waals surface area contributed by atoms with Crippen molar-refractivity contribution in [3.63, 3.8) is 0 Å². The minimum Gasteiger partial charge on any atom is -0.373 e. The first-order valence-corrected chi connectivity index (χ1v) is 8.97. The molecule has 2 fully saturated rings. The van der Waals surface area contributed by atoms with Crippen LogP contribution in [0.25, 0.3) is 0 Å². The highest BCUT2D eigenvalue weighted by atomic mass is 16.6. The molecule has 2 rings (SSSR count). The van der Waals surface area contributed by atoms with E-state index < -0.39 is 0 Å². The molecule has 21 heavy (non-hydrogen) atoms. The Morgan fingerprint density at radius 1 is 0.905 bits per heavy atom. The van der Waals surface area contributed by atoms with Gasteiger partial charge in [0.05, 0.1) is 24.9 Å². The summed E-state index contributed by atoms with van der Waals surface area (Å²) in [6.07, 6.45) is 17.9. The van der Waals surface area contributed by atoms with Gasteiger partial charge in [-0.1, -0.05) is 65.0 Å². The summed E-state index contributed by atoms with van der Waals surface area (Å²) >= 11 is 0. The lowest BCUT2D eigenvalue weighted by molar-refractivity contribution is 0.350. The average molecular weight is 294 g/mol. The van der Waals surface area contributed by atoms with Gasteiger partial charge in [-0.25, -0.2) is 0 Å². The Labute approximate surface area is 131 Å². The molecule has 0 amide bonds. The molecule has 0 aromatic heterocycles. The predicted octanol–water partition coefficient (Wildman–Crippen LogP) is 5.27. The minimum absolute atomic E-state index is 0.508. The molecule has 2 nitrogen and oxygen atoms in total. The van der Waals surface area contributed by atoms with Crippen LogP contribution >= 0.6 is 0 Å². The number of ether oxygens (including phenoxy) is 2. The average Bonchev–Trinajstić information content (AvgIpc) is 3.29. The van der Waals surface area contributed by atoms with Crippen molar-refractivity contribution >= 4 is 0 Å². The van der Waals surface area contributed by atoms with Gasteiger partial charge in [-0.05, 0) is 31.1 Å². The van der Waals surface area contributed by atoms with Gasteiger partial charge in [0.2, 0.25) is 0 Å². The van der Waals surface area contributed by atoms with Crippen molar-refractivity contribution in [2.45, 2.75) is 96.9 Å². The standard InChI is InChI=1S/C19H34O2/c1-19(2,3)14-10-6-4-5-7-12-17-18(21-17)13-9-8-11-16-15-20-16/h8-9,16-18H,4-7,10-15H2,1-3H3/b9-8-. The highest BCUT2D eigenvalue weighted by Gasteiger charge is 2.36. The van der Waals surface area contributed by atoms with Gasteiger partial charge in [0.25, 0.3) is 0 Å². The summed E-state index contributed by atoms with van der Waals surface area (Å²) in [6, 6.07) is 0. The van der Waals surface area contributed by atoms with Crippen LogP contribution in [0.4, 0.5) is 0 Å². The largest absolute Gasteiger partial charge is 0.373 e. The third-order valence-corrected chi connectivity index (χ3v) is 4.44. The number of rotatable bonds is 11. The molecular weight excluding hydrogens is 260 g/mol. The highest BCUT2D eigenvalue weighted by Crippen LogP contribution is 2.31. The van der Waals surface area contributed by atoms with Gasteiger partial charge in [-0.15, -0.1) is 0 Å². The number of epoxide rings is 2. The summed E-state index contributed by atoms with van der Waals surface area (Å²) in [5.74, 6) is 0. The number of hydrogen-bond donors (Lipinski definition) is 0. The van der Waals surface area contributed by atoms with Gasteiger partial charge in [-0.2, -0.15) is 0 Å². The molecule has 2 heteroatoms. The van der Waals surface area contributed by atoms with E-state index in [2.05, 4.69) is 32.9 Å². The van der Waals surface area contributed by atoms with Crippen LogP contribution in [-0.4, -0.2) is 24.9 Å². The van der Waals surface area contributed by atoms with Crippen molar-refractivity contribution in [3.05, 3.63) is 12.2 Å². The summed E-state index contributed by atoms with van der Waals surface area (Å²) in [6.45, 7) is 7.97. The highest BCUT2D eigenvalue weighted by molar-refractivity contribution is 4.95. The summed E-state index contributed by atoms with van der Waals surface area (Å²) in [5, 5.41) is 0. The Kier molecular flexibility index (Phi) is 6.75. The van der Waals surface area contributed by atoms with Gasteiger partial charge in [0.15, 0.2) is 0 Å². The zero-order valence-corrected chi connectivity index (χ0v) is 14.3. The maximum atomic E-state index is 5.73. The van der Waals surface area contributed by atoms with Crippen LogP contribution in [0.3, 0.4) is 0 Å². The summed E-state index contributed by atoms with van der Waals surface area (Å²) in [7, 11) is 0. The second-order valence-corrected chi connectivity index (χ2v) is 7.98. The van der Waals surface area contributed by atoms with Crippen molar-refractivity contribution in [3.8, 4) is 0 Å². The summed E-state index contributed by atoms with van der Waals surface area (Å²) < 4.78 is 10.9. The zero-order valence-electron chi connectivity index (χ0n) is 14.3. The van der Waals surface area contributed by atoms with E-state index in [1.807, 2.05) is 0 Å². The molecule has 2 heterocycles. The zero-order chi connectivity index (χ0) is 15.1. The van der Waals surface area contributed by atoms with Gasteiger partial charge in [0.1, 0.15) is 0 Å². The topological polar surface area (TPSA) is 25.1 Å². The van der Waals surface area contributed by atoms with Crippen LogP contribution in [0.1, 0.15) is 78.6 Å². The van der Waals surface area contributed by atoms with Gasteiger partial charge < -0.3 is 9.47 Å². The van der Waals surface area contributed by atoms with E-state index in [1.54, 1.807) is 0 Å². The van der Waals surface area contributed by atoms with E-state index in [0.717, 1.165) is 19.4 Å². The van der Waals surface area contributed by atoms with Gasteiger partial charge in [-0.3, -0.25) is 0 Å². The molecule has 0 saturated carbocycles. The van der Waals surface area contributed by atoms with Crippen LogP contribution < -0.4 is 0 Å². The fourth-order valence-electron chi connectivity index (χ4n) is 2.85. The lowest BCUT2D eigenvalue weighted by Crippen LogP contribution is -2.03. The molecule has 122 valence electrons. The quantitative estimate of drug-likeness (QED) is 0.295. The molecule has 0 aliphatic carbocycles. The van der Waals surface area contributed by atoms with Crippen molar-refractivity contribution in [1.29, 1.82) is 0 Å². The van der Waals surface area contributed by atoms with Crippen molar-refractivity contribution in [2.24, 2.45) is 5.41 Å². The van der Waals surface area contributed by atoms with E-state index in [4.69, 9.17) is 9.47 Å². The Balaban J connectivity index is 1.34. The Bertz CT molecular complexity index is 312. The van der Waals surface area contributed by atoms with Crippen molar-refractivity contribution in [2.75, 3.05) is 6.61 Å². The SMILES string of the molecule is CC(C)(C)CCCCCCCC1OC1C/C=C\CC1CO1. The number of hydrogen-bond acceptors (Lipinski definition) is 2. The molecule has 3 atom stereocenters. The molecule has 2 aliphatic rings. The molecule has 0 spiro atoms. The first kappa shape index (κ1) is 17.0. The molecule has 0 aromatic carbocycles. The summed E-state index contributed by atoms with van der Waals surface area (Å²) in [4.78, 5) is 0. The van der Waals surface area contributed by atoms with Crippen LogP contribution in [0.5, 0.6) is 0 Å². The third-order valence-electron chi connectivity index (χ3n) is 4.44. The maximum Gasteiger partial charge on any atom is 0.0876 e. The molecule has 0 N–H and O–H groups in total. The van der Waals surface area contributed by atoms with Crippen LogP contribution in [0.15, 0.2) is 12.2 Å². The van der Waals surface area contributed by atoms with E-state index in [0.29, 0.717) is 23.7 Å². The lowest BCUT2D eigenvalue weighted by Gasteiger charge is -2.17. The van der Waals surface area contributed by atoms with Crippen LogP contribution in [-0.2, 0) is 9.47 Å². The van der Waals surface area contributed by atoms with Crippen LogP contribution in [0, 0.1) is 5.41 Å². The molecule has 0 bridgehead atoms. The van der Waals surface area contributed by atoms with Gasteiger partial charge in [0, 0.05) is 0 Å². The first-order chi connectivity index (χ1) is 10.0. The van der Waals surface area contributed by atoms with Gasteiger partial charge >= 0.3 is 0 Å². The molecule has 3 unspecified atom stereocenters. The monoisotopic (exact) mass is 294 g/mol. The fourth-order valence-corrected chi connectivity index (χ4v) is 2.85. The molecular formula is C19H34O2. The smallest absolute Gasteiger partial charge is 0.0876 e. The normalized spacial score (nSPS) is 28.2. The summed E-state index contributed by atoms with van der Waals surface area (Å²) in [5.41, 5.74) is 0.508. The number of unbranched alkanes of at least 4 members (excludes halogenated alkanes) is 4. The van der Waals surface area contributed by atoms with E-state index >= 15 is 0 Å². The first-order valence-electron chi connectivity index (χ1n) is 8.97. The third kappa shape index (κ3) is 8.63. The molecule has 0 radical (unpaired) electrons. The van der Waals surface area contributed by atoms with E-state index in [9.17, 15) is 0 Å². The van der Waals surface area contributed by atoms with Crippen LogP contribution in [0.2, 0.25) is 0 Å². The molecule has 2 aliphatic heterocycles. The minimum atomic E-state index is 0.508. The molecule has 0 aromatic rings. The second-order valence-electron chi connectivity index (χ2n) is 7.98. The Morgan fingerprint density at radius 2 is 1.57 bits per heavy atom. The van der Waals surface area contributed by atoms with Crippen molar-refractivity contribution in [1.82, 2.24) is 0 Å². The van der Waals surface area contributed by atoms with E-state index in [1.165, 1.54) is 44.9 Å². The second kappa shape index (κ2) is 8.33. The Morgan fingerprint density at radius 3 is 2.29 bits per heavy atom. The fraction of sp³-hybridized carbons (Fsp3) is 0.895. The molecule has 2 saturated heterocycles. The predicted molar refractivity (Wildman–Crippen MR) is 88.5 cm³/mol. The Hall–Kier alpha value is -0.340. The maximum absolute atomic E-state index is 5.73. The van der Waals surface area contributed by atoms with E-state index in [-0.39, 0.29) is 0 Å². The lowest BCUT2D eigenvalue weighted by atomic mass is 9.89.